The molecule has 188 valence electrons. The molecule has 4 rings (SSSR count). The summed E-state index contributed by atoms with van der Waals surface area (Å²) in [7, 11) is 1.25. The number of morpholine rings is 1. The monoisotopic (exact) mass is 499 g/mol. The maximum Gasteiger partial charge on any atom is 0.418 e. The van der Waals surface area contributed by atoms with E-state index in [-0.39, 0.29) is 25.3 Å². The number of halogens is 5. The molecule has 3 aromatic rings. The zero-order valence-electron chi connectivity index (χ0n) is 18.8. The number of aryl methyl sites for hydroxylation is 1. The smallest absolute Gasteiger partial charge is 0.418 e. The molecule has 2 atom stereocenters. The van der Waals surface area contributed by atoms with Gasteiger partial charge in [0.25, 0.3) is 0 Å². The number of rotatable bonds is 4. The van der Waals surface area contributed by atoms with E-state index >= 15 is 8.78 Å². The third kappa shape index (κ3) is 4.94. The van der Waals surface area contributed by atoms with Crippen LogP contribution in [-0.2, 0) is 15.9 Å². The number of hydrogen-bond donors (Lipinski definition) is 1. The van der Waals surface area contributed by atoms with Gasteiger partial charge in [-0.25, -0.2) is 18.6 Å². The van der Waals surface area contributed by atoms with Crippen molar-refractivity contribution in [3.8, 4) is 11.3 Å². The number of amides is 1. The molecule has 1 N–H and O–H groups in total. The molecule has 0 saturated carbocycles. The molecule has 1 fully saturated rings. The summed E-state index contributed by atoms with van der Waals surface area (Å²) in [6.45, 7) is 2.50. The first-order valence-corrected chi connectivity index (χ1v) is 10.7. The van der Waals surface area contributed by atoms with Crippen molar-refractivity contribution < 1.29 is 41.3 Å². The Morgan fingerprint density at radius 3 is 2.60 bits per heavy atom. The quantitative estimate of drug-likeness (QED) is 0.545. The highest BCUT2D eigenvalue weighted by molar-refractivity contribution is 5.69. The number of carbonyl (C=O) groups excluding carboxylic acids is 1. The summed E-state index contributed by atoms with van der Waals surface area (Å²) < 4.78 is 80.9. The lowest BCUT2D eigenvalue weighted by molar-refractivity contribution is -0.206. The maximum atomic E-state index is 15.1. The van der Waals surface area contributed by atoms with Gasteiger partial charge in [0.05, 0.1) is 43.3 Å². The first-order chi connectivity index (χ1) is 16.5. The number of fused-ring (bicyclic) bond motifs is 1. The van der Waals surface area contributed by atoms with Crippen LogP contribution >= 0.6 is 0 Å². The second kappa shape index (κ2) is 9.42. The van der Waals surface area contributed by atoms with Crippen LogP contribution in [0, 0.1) is 18.6 Å². The van der Waals surface area contributed by atoms with E-state index in [4.69, 9.17) is 9.47 Å². The molecule has 1 saturated heterocycles. The predicted octanol–water partition coefficient (Wildman–Crippen LogP) is 4.19. The fourth-order valence-corrected chi connectivity index (χ4v) is 4.11. The maximum absolute atomic E-state index is 15.1. The minimum atomic E-state index is -5.09. The second-order valence-electron chi connectivity index (χ2n) is 8.26. The van der Waals surface area contributed by atoms with Crippen LogP contribution in [0.1, 0.15) is 22.9 Å². The van der Waals surface area contributed by atoms with Crippen molar-refractivity contribution in [2.24, 2.45) is 0 Å². The zero-order chi connectivity index (χ0) is 25.5. The summed E-state index contributed by atoms with van der Waals surface area (Å²) >= 11 is 0. The summed E-state index contributed by atoms with van der Waals surface area (Å²) in [5.74, 6) is -2.60. The Morgan fingerprint density at radius 2 is 1.97 bits per heavy atom. The third-order valence-electron chi connectivity index (χ3n) is 5.80. The molecule has 0 bridgehead atoms. The first-order valence-electron chi connectivity index (χ1n) is 10.7. The van der Waals surface area contributed by atoms with E-state index in [1.807, 2.05) is 0 Å². The highest BCUT2D eigenvalue weighted by atomic mass is 19.4. The first kappa shape index (κ1) is 24.9. The molecule has 2 aromatic heterocycles. The summed E-state index contributed by atoms with van der Waals surface area (Å²) in [5.41, 5.74) is -0.150. The van der Waals surface area contributed by atoms with Crippen LogP contribution in [0.25, 0.3) is 16.9 Å². The second-order valence-corrected chi connectivity index (χ2v) is 8.26. The number of ether oxygens (including phenoxy) is 2. The summed E-state index contributed by atoms with van der Waals surface area (Å²) in [6.07, 6.45) is -7.46. The minimum Gasteiger partial charge on any atom is -0.453 e. The van der Waals surface area contributed by atoms with Gasteiger partial charge >= 0.3 is 12.3 Å². The molecule has 1 unspecified atom stereocenters. The number of alkyl halides is 3. The lowest BCUT2D eigenvalue weighted by atomic mass is 10.0. The van der Waals surface area contributed by atoms with Crippen LogP contribution in [-0.4, -0.2) is 64.6 Å². The van der Waals surface area contributed by atoms with Crippen LogP contribution in [0.5, 0.6) is 0 Å². The Morgan fingerprint density at radius 1 is 1.29 bits per heavy atom. The van der Waals surface area contributed by atoms with Crippen LogP contribution in [0.4, 0.5) is 26.7 Å². The molecular weight excluding hydrogens is 477 g/mol. The molecule has 7 nitrogen and oxygen atoms in total. The van der Waals surface area contributed by atoms with E-state index in [2.05, 4.69) is 4.98 Å². The number of imidazole rings is 1. The van der Waals surface area contributed by atoms with E-state index in [9.17, 15) is 23.1 Å². The highest BCUT2D eigenvalue weighted by Gasteiger charge is 2.40. The van der Waals surface area contributed by atoms with Gasteiger partial charge < -0.3 is 23.9 Å². The molecule has 0 spiro atoms. The number of methoxy groups -OCH3 is 1. The third-order valence-corrected chi connectivity index (χ3v) is 5.80. The summed E-state index contributed by atoms with van der Waals surface area (Å²) in [6, 6.07) is 4.35. The van der Waals surface area contributed by atoms with E-state index < -0.39 is 47.2 Å². The van der Waals surface area contributed by atoms with Gasteiger partial charge in [-0.2, -0.15) is 13.2 Å². The molecule has 0 aliphatic carbocycles. The van der Waals surface area contributed by atoms with Gasteiger partial charge in [0, 0.05) is 19.2 Å². The predicted molar refractivity (Wildman–Crippen MR) is 114 cm³/mol. The summed E-state index contributed by atoms with van der Waals surface area (Å²) in [5, 5.41) is 9.44. The van der Waals surface area contributed by atoms with Crippen LogP contribution in [0.15, 0.2) is 30.5 Å². The van der Waals surface area contributed by atoms with Crippen LogP contribution in [0.3, 0.4) is 0 Å². The Kier molecular flexibility index (Phi) is 6.69. The Labute approximate surface area is 196 Å². The largest absolute Gasteiger partial charge is 0.453 e. The van der Waals surface area contributed by atoms with Crippen molar-refractivity contribution in [2.75, 3.05) is 26.8 Å². The van der Waals surface area contributed by atoms with E-state index in [1.54, 1.807) is 29.7 Å². The average molecular weight is 499 g/mol. The van der Waals surface area contributed by atoms with E-state index in [0.717, 1.165) is 5.56 Å². The van der Waals surface area contributed by atoms with Gasteiger partial charge in [-0.1, -0.05) is 0 Å². The molecule has 1 amide bonds. The number of aromatic nitrogens is 2. The Hall–Kier alpha value is -3.25. The zero-order valence-corrected chi connectivity index (χ0v) is 18.8. The molecule has 12 heteroatoms. The van der Waals surface area contributed by atoms with Crippen molar-refractivity contribution in [2.45, 2.75) is 31.7 Å². The molecular formula is C23H22F5N3O4. The van der Waals surface area contributed by atoms with Gasteiger partial charge in [0.15, 0.2) is 6.10 Å². The molecule has 1 aromatic carbocycles. The number of pyridine rings is 1. The lowest BCUT2D eigenvalue weighted by Gasteiger charge is -2.32. The van der Waals surface area contributed by atoms with Gasteiger partial charge in [-0.3, -0.25) is 0 Å². The fraction of sp³-hybridized carbons (Fsp3) is 0.391. The van der Waals surface area contributed by atoms with Gasteiger partial charge in [0.1, 0.15) is 17.3 Å². The van der Waals surface area contributed by atoms with Crippen molar-refractivity contribution in [1.29, 1.82) is 0 Å². The number of benzene rings is 1. The minimum absolute atomic E-state index is 0.0961. The van der Waals surface area contributed by atoms with Gasteiger partial charge in [-0.15, -0.1) is 0 Å². The van der Waals surface area contributed by atoms with Crippen molar-refractivity contribution in [1.82, 2.24) is 14.3 Å². The average Bonchev–Trinajstić information content (AvgIpc) is 3.13. The van der Waals surface area contributed by atoms with Crippen molar-refractivity contribution in [3.63, 3.8) is 0 Å². The lowest BCUT2D eigenvalue weighted by Crippen LogP contribution is -2.46. The summed E-state index contributed by atoms with van der Waals surface area (Å²) in [4.78, 5) is 17.7. The Bertz CT molecular complexity index is 1240. The molecule has 0 radical (unpaired) electrons. The van der Waals surface area contributed by atoms with Crippen molar-refractivity contribution in [3.05, 3.63) is 58.9 Å². The van der Waals surface area contributed by atoms with E-state index in [0.29, 0.717) is 30.0 Å². The standard InChI is InChI=1S/C23H22F5N3O4/c1-12-3-4-31-17(10-14-11-30(5-6-35-14)22(33)34-2)20(29-18(31)7-12)19-15(24)8-13(9-16(19)25)21(32)23(26,27)28/h3-4,7-9,14,21,32H,5-6,10-11H2,1-2H3/t14-,21?/m0/s1. The molecule has 35 heavy (non-hydrogen) atoms. The molecule has 1 aliphatic heterocycles. The topological polar surface area (TPSA) is 76.3 Å². The van der Waals surface area contributed by atoms with Crippen LogP contribution < -0.4 is 0 Å². The van der Waals surface area contributed by atoms with Gasteiger partial charge in [0.2, 0.25) is 0 Å². The molecule has 1 aliphatic rings. The number of hydrogen-bond acceptors (Lipinski definition) is 5. The number of aliphatic hydroxyl groups excluding tert-OH is 1. The van der Waals surface area contributed by atoms with Crippen molar-refractivity contribution >= 4 is 11.7 Å². The molecule has 3 heterocycles. The number of aliphatic hydroxyl groups is 1. The van der Waals surface area contributed by atoms with E-state index in [1.165, 1.54) is 12.0 Å². The highest BCUT2D eigenvalue weighted by Crippen LogP contribution is 2.37. The SMILES string of the molecule is COC(=O)N1CCO[C@@H](Cc2c(-c3c(F)cc(C(O)C(F)(F)F)cc3F)nc3cc(C)ccn23)C1. The normalized spacial score (nSPS) is 17.6. The number of nitrogens with zero attached hydrogens (tertiary/aromatic N) is 3. The number of carbonyl (C=O) groups is 1. The fourth-order valence-electron chi connectivity index (χ4n) is 4.11. The van der Waals surface area contributed by atoms with Crippen LogP contribution in [0.2, 0.25) is 0 Å². The van der Waals surface area contributed by atoms with Gasteiger partial charge in [-0.05, 0) is 42.3 Å². The Balaban J connectivity index is 1.79.